The van der Waals surface area contributed by atoms with Crippen LogP contribution in [0.15, 0.2) is 0 Å². The molecule has 4 heteroatoms. The molecule has 2 aliphatic rings. The lowest BCUT2D eigenvalue weighted by molar-refractivity contribution is 0.122. The van der Waals surface area contributed by atoms with Gasteiger partial charge in [0.2, 0.25) is 0 Å². The van der Waals surface area contributed by atoms with Gasteiger partial charge < -0.3 is 15.0 Å². The van der Waals surface area contributed by atoms with E-state index in [0.717, 1.165) is 32.2 Å². The van der Waals surface area contributed by atoms with Crippen molar-refractivity contribution in [2.45, 2.75) is 32.6 Å². The number of hydrogen-bond donors (Lipinski definition) is 1. The number of nitrogens with zero attached hydrogens (tertiary/aromatic N) is 2. The lowest BCUT2D eigenvalue weighted by atomic mass is 10.3. The molecule has 4 nitrogen and oxygen atoms in total. The Balaban J connectivity index is 1.37. The third kappa shape index (κ3) is 7.02. The first kappa shape index (κ1) is 16.2. The number of unbranched alkanes of at least 4 members (excludes halogenated alkanes) is 1. The fraction of sp³-hybridized carbons (Fsp3) is 1.00. The largest absolute Gasteiger partial charge is 0.380 e. The van der Waals surface area contributed by atoms with Gasteiger partial charge in [0, 0.05) is 59.0 Å². The third-order valence-electron chi connectivity index (χ3n) is 4.35. The van der Waals surface area contributed by atoms with Crippen LogP contribution in [-0.2, 0) is 4.74 Å². The molecular weight excluding hydrogens is 250 g/mol. The lowest BCUT2D eigenvalue weighted by Crippen LogP contribution is -2.48. The Hall–Kier alpha value is -0.160. The van der Waals surface area contributed by atoms with E-state index in [1.165, 1.54) is 65.0 Å². The Morgan fingerprint density at radius 2 is 1.75 bits per heavy atom. The molecule has 0 bridgehead atoms. The van der Waals surface area contributed by atoms with E-state index in [9.17, 15) is 0 Å². The number of rotatable bonds is 11. The van der Waals surface area contributed by atoms with Crippen LogP contribution in [-0.4, -0.2) is 75.4 Å². The summed E-state index contributed by atoms with van der Waals surface area (Å²) in [5.74, 6) is 1.04. The van der Waals surface area contributed by atoms with E-state index in [0.29, 0.717) is 0 Å². The molecule has 0 aromatic heterocycles. The van der Waals surface area contributed by atoms with Crippen LogP contribution in [0.1, 0.15) is 32.6 Å². The number of hydrogen-bond acceptors (Lipinski definition) is 4. The van der Waals surface area contributed by atoms with Crippen LogP contribution in [0.5, 0.6) is 0 Å². The van der Waals surface area contributed by atoms with E-state index in [1.54, 1.807) is 0 Å². The Bertz CT molecular complexity index is 238. The van der Waals surface area contributed by atoms with Gasteiger partial charge in [0.1, 0.15) is 0 Å². The lowest BCUT2D eigenvalue weighted by Gasteiger charge is -2.34. The minimum absolute atomic E-state index is 0.856. The van der Waals surface area contributed by atoms with Gasteiger partial charge in [-0.15, -0.1) is 0 Å². The average Bonchev–Trinajstić information content (AvgIpc) is 3.27. The Morgan fingerprint density at radius 1 is 1.00 bits per heavy atom. The Morgan fingerprint density at radius 3 is 2.45 bits per heavy atom. The first-order valence-electron chi connectivity index (χ1n) is 8.61. The van der Waals surface area contributed by atoms with Crippen molar-refractivity contribution < 1.29 is 4.74 Å². The highest BCUT2D eigenvalue weighted by Gasteiger charge is 2.26. The van der Waals surface area contributed by atoms with Gasteiger partial charge in [0.25, 0.3) is 0 Å². The fourth-order valence-electron chi connectivity index (χ4n) is 2.72. The maximum absolute atomic E-state index is 5.54. The van der Waals surface area contributed by atoms with Crippen molar-refractivity contribution in [1.82, 2.24) is 15.1 Å². The second-order valence-corrected chi connectivity index (χ2v) is 6.30. The summed E-state index contributed by atoms with van der Waals surface area (Å²) in [6.45, 7) is 13.7. The van der Waals surface area contributed by atoms with Crippen LogP contribution < -0.4 is 5.32 Å². The van der Waals surface area contributed by atoms with Gasteiger partial charge in [-0.1, -0.05) is 13.3 Å². The fourth-order valence-corrected chi connectivity index (χ4v) is 2.72. The van der Waals surface area contributed by atoms with Crippen LogP contribution in [0.25, 0.3) is 0 Å². The van der Waals surface area contributed by atoms with E-state index in [2.05, 4.69) is 22.0 Å². The van der Waals surface area contributed by atoms with Gasteiger partial charge >= 0.3 is 0 Å². The van der Waals surface area contributed by atoms with E-state index < -0.39 is 0 Å². The van der Waals surface area contributed by atoms with E-state index in [-0.39, 0.29) is 0 Å². The van der Waals surface area contributed by atoms with Gasteiger partial charge in [-0.05, 0) is 25.2 Å². The summed E-state index contributed by atoms with van der Waals surface area (Å²) >= 11 is 0. The highest BCUT2D eigenvalue weighted by atomic mass is 16.5. The van der Waals surface area contributed by atoms with Crippen molar-refractivity contribution in [1.29, 1.82) is 0 Å². The van der Waals surface area contributed by atoms with Crippen molar-refractivity contribution in [3.05, 3.63) is 0 Å². The van der Waals surface area contributed by atoms with Gasteiger partial charge in [-0.2, -0.15) is 0 Å². The van der Waals surface area contributed by atoms with Crippen LogP contribution in [0.3, 0.4) is 0 Å². The maximum atomic E-state index is 5.54. The zero-order chi connectivity index (χ0) is 14.0. The average molecular weight is 283 g/mol. The minimum atomic E-state index is 0.856. The standard InChI is InChI=1S/C16H33N3O/c1-2-3-13-20-14-7-17-6-8-18-9-11-19(12-10-18)15-16-4-5-16/h16-17H,2-15H2,1H3. The monoisotopic (exact) mass is 283 g/mol. The first-order chi connectivity index (χ1) is 9.88. The molecule has 1 N–H and O–H groups in total. The molecule has 0 radical (unpaired) electrons. The number of piperazine rings is 1. The molecule has 118 valence electrons. The summed E-state index contributed by atoms with van der Waals surface area (Å²) < 4.78 is 5.54. The third-order valence-corrected chi connectivity index (χ3v) is 4.35. The molecule has 2 fully saturated rings. The summed E-state index contributed by atoms with van der Waals surface area (Å²) in [5.41, 5.74) is 0. The first-order valence-corrected chi connectivity index (χ1v) is 8.61. The van der Waals surface area contributed by atoms with Gasteiger partial charge in [-0.25, -0.2) is 0 Å². The van der Waals surface area contributed by atoms with Crippen molar-refractivity contribution >= 4 is 0 Å². The summed E-state index contributed by atoms with van der Waals surface area (Å²) in [4.78, 5) is 5.25. The van der Waals surface area contributed by atoms with Crippen molar-refractivity contribution in [3.63, 3.8) is 0 Å². The van der Waals surface area contributed by atoms with Crippen LogP contribution >= 0.6 is 0 Å². The summed E-state index contributed by atoms with van der Waals surface area (Å²) in [7, 11) is 0. The van der Waals surface area contributed by atoms with Crippen molar-refractivity contribution in [2.24, 2.45) is 5.92 Å². The molecule has 20 heavy (non-hydrogen) atoms. The molecular formula is C16H33N3O. The Kier molecular flexibility index (Phi) is 7.88. The molecule has 2 rings (SSSR count). The normalized spacial score (nSPS) is 21.4. The number of ether oxygens (including phenoxy) is 1. The smallest absolute Gasteiger partial charge is 0.0590 e. The molecule has 0 amide bonds. The Labute approximate surface area is 124 Å². The molecule has 0 unspecified atom stereocenters. The van der Waals surface area contributed by atoms with Gasteiger partial charge in [-0.3, -0.25) is 4.90 Å². The van der Waals surface area contributed by atoms with Crippen LogP contribution in [0.4, 0.5) is 0 Å². The molecule has 0 atom stereocenters. The number of nitrogens with one attached hydrogen (secondary N) is 1. The molecule has 1 saturated carbocycles. The molecule has 0 spiro atoms. The summed E-state index contributed by atoms with van der Waals surface area (Å²) in [6, 6.07) is 0. The zero-order valence-electron chi connectivity index (χ0n) is 13.3. The second-order valence-electron chi connectivity index (χ2n) is 6.30. The zero-order valence-corrected chi connectivity index (χ0v) is 13.3. The van der Waals surface area contributed by atoms with E-state index >= 15 is 0 Å². The highest BCUT2D eigenvalue weighted by molar-refractivity contribution is 4.80. The topological polar surface area (TPSA) is 27.7 Å². The van der Waals surface area contributed by atoms with E-state index in [4.69, 9.17) is 4.74 Å². The molecule has 0 aromatic carbocycles. The van der Waals surface area contributed by atoms with Gasteiger partial charge in [0.05, 0.1) is 6.61 Å². The maximum Gasteiger partial charge on any atom is 0.0590 e. The minimum Gasteiger partial charge on any atom is -0.380 e. The summed E-state index contributed by atoms with van der Waals surface area (Å²) in [6.07, 6.45) is 5.36. The van der Waals surface area contributed by atoms with E-state index in [1.807, 2.05) is 0 Å². The molecule has 1 saturated heterocycles. The predicted molar refractivity (Wildman–Crippen MR) is 84.2 cm³/mol. The molecule has 1 aliphatic heterocycles. The molecule has 0 aromatic rings. The van der Waals surface area contributed by atoms with Gasteiger partial charge in [0.15, 0.2) is 0 Å². The van der Waals surface area contributed by atoms with Crippen LogP contribution in [0, 0.1) is 5.92 Å². The molecule has 1 heterocycles. The second kappa shape index (κ2) is 9.72. The summed E-state index contributed by atoms with van der Waals surface area (Å²) in [5, 5.41) is 3.48. The highest BCUT2D eigenvalue weighted by Crippen LogP contribution is 2.29. The predicted octanol–water partition coefficient (Wildman–Crippen LogP) is 1.42. The van der Waals surface area contributed by atoms with Crippen molar-refractivity contribution in [2.75, 3.05) is 65.6 Å². The van der Waals surface area contributed by atoms with Crippen molar-refractivity contribution in [3.8, 4) is 0 Å². The van der Waals surface area contributed by atoms with Crippen LogP contribution in [0.2, 0.25) is 0 Å². The SMILES string of the molecule is CCCCOCCNCCN1CCN(CC2CC2)CC1. The quantitative estimate of drug-likeness (QED) is 0.581. The molecule has 1 aliphatic carbocycles.